The SMILES string of the molecule is Cc1nnc(-c2ccc(C(=O)N[C@H]3CCC[C@H]3n3ccnc3)cc2)o1. The van der Waals surface area contributed by atoms with Crippen LogP contribution in [0.15, 0.2) is 47.4 Å². The molecule has 1 N–H and O–H groups in total. The Bertz CT molecular complexity index is 854. The van der Waals surface area contributed by atoms with Crippen molar-refractivity contribution in [2.75, 3.05) is 0 Å². The Morgan fingerprint density at radius 1 is 1.24 bits per heavy atom. The summed E-state index contributed by atoms with van der Waals surface area (Å²) in [6.07, 6.45) is 8.68. The lowest BCUT2D eigenvalue weighted by atomic mass is 10.1. The maximum absolute atomic E-state index is 12.6. The molecule has 0 unspecified atom stereocenters. The molecule has 128 valence electrons. The van der Waals surface area contributed by atoms with Gasteiger partial charge in [0, 0.05) is 36.5 Å². The lowest BCUT2D eigenvalue weighted by molar-refractivity contribution is 0.0929. The molecule has 7 heteroatoms. The Hall–Kier alpha value is -2.96. The summed E-state index contributed by atoms with van der Waals surface area (Å²) < 4.78 is 7.48. The zero-order valence-electron chi connectivity index (χ0n) is 13.9. The molecule has 1 fully saturated rings. The van der Waals surface area contributed by atoms with Crippen molar-refractivity contribution < 1.29 is 9.21 Å². The number of carbonyl (C=O) groups excluding carboxylic acids is 1. The highest BCUT2D eigenvalue weighted by Crippen LogP contribution is 2.30. The molecule has 2 aromatic heterocycles. The van der Waals surface area contributed by atoms with Gasteiger partial charge < -0.3 is 14.3 Å². The summed E-state index contributed by atoms with van der Waals surface area (Å²) in [5, 5.41) is 11.0. The standard InChI is InChI=1S/C18H19N5O2/c1-12-21-22-18(25-12)14-7-5-13(6-8-14)17(24)20-15-3-2-4-16(15)23-10-9-19-11-23/h5-11,15-16H,2-4H2,1H3,(H,20,24)/t15-,16+/m0/s1. The molecular weight excluding hydrogens is 318 g/mol. The lowest BCUT2D eigenvalue weighted by Crippen LogP contribution is -2.38. The molecule has 0 aliphatic heterocycles. The first-order valence-corrected chi connectivity index (χ1v) is 8.39. The van der Waals surface area contributed by atoms with Crippen molar-refractivity contribution in [3.63, 3.8) is 0 Å². The zero-order chi connectivity index (χ0) is 17.2. The molecule has 0 bridgehead atoms. The van der Waals surface area contributed by atoms with E-state index in [-0.39, 0.29) is 18.0 Å². The van der Waals surface area contributed by atoms with E-state index in [0.29, 0.717) is 17.3 Å². The van der Waals surface area contributed by atoms with Gasteiger partial charge in [0.1, 0.15) is 0 Å². The highest BCUT2D eigenvalue weighted by molar-refractivity contribution is 5.94. The van der Waals surface area contributed by atoms with Crippen molar-refractivity contribution in [3.8, 4) is 11.5 Å². The molecule has 0 spiro atoms. The normalized spacial score (nSPS) is 19.9. The number of hydrogen-bond acceptors (Lipinski definition) is 5. The second-order valence-corrected chi connectivity index (χ2v) is 6.29. The summed E-state index contributed by atoms with van der Waals surface area (Å²) in [6, 6.07) is 7.61. The molecule has 2 heterocycles. The van der Waals surface area contributed by atoms with Crippen LogP contribution in [0, 0.1) is 6.92 Å². The Morgan fingerprint density at radius 2 is 2.08 bits per heavy atom. The molecule has 1 aliphatic rings. The van der Waals surface area contributed by atoms with Crippen LogP contribution in [0.3, 0.4) is 0 Å². The average molecular weight is 337 g/mol. The van der Waals surface area contributed by atoms with E-state index < -0.39 is 0 Å². The fourth-order valence-electron chi connectivity index (χ4n) is 3.36. The van der Waals surface area contributed by atoms with E-state index in [1.807, 2.05) is 24.7 Å². The molecular formula is C18H19N5O2. The van der Waals surface area contributed by atoms with Gasteiger partial charge >= 0.3 is 0 Å². The lowest BCUT2D eigenvalue weighted by Gasteiger charge is -2.22. The van der Waals surface area contributed by atoms with Crippen molar-refractivity contribution in [2.45, 2.75) is 38.3 Å². The highest BCUT2D eigenvalue weighted by Gasteiger charge is 2.29. The quantitative estimate of drug-likeness (QED) is 0.791. The van der Waals surface area contributed by atoms with E-state index in [2.05, 4.69) is 25.1 Å². The second kappa shape index (κ2) is 6.51. The summed E-state index contributed by atoms with van der Waals surface area (Å²) in [5.41, 5.74) is 1.42. The molecule has 3 aromatic rings. The highest BCUT2D eigenvalue weighted by atomic mass is 16.4. The number of aryl methyl sites for hydroxylation is 1. The molecule has 2 atom stereocenters. The predicted octanol–water partition coefficient (Wildman–Crippen LogP) is 2.77. The van der Waals surface area contributed by atoms with Crippen LogP contribution in [-0.2, 0) is 0 Å². The van der Waals surface area contributed by atoms with Gasteiger partial charge in [-0.25, -0.2) is 4.98 Å². The van der Waals surface area contributed by atoms with E-state index >= 15 is 0 Å². The number of aromatic nitrogens is 4. The molecule has 1 amide bonds. The Morgan fingerprint density at radius 3 is 2.76 bits per heavy atom. The largest absolute Gasteiger partial charge is 0.421 e. The van der Waals surface area contributed by atoms with Crippen LogP contribution in [0.5, 0.6) is 0 Å². The number of carbonyl (C=O) groups is 1. The van der Waals surface area contributed by atoms with Crippen LogP contribution in [0.25, 0.3) is 11.5 Å². The van der Waals surface area contributed by atoms with Crippen LogP contribution in [0.1, 0.15) is 41.6 Å². The molecule has 4 rings (SSSR count). The van der Waals surface area contributed by atoms with E-state index in [4.69, 9.17) is 4.42 Å². The Labute approximate surface area is 145 Å². The van der Waals surface area contributed by atoms with Gasteiger partial charge in [-0.2, -0.15) is 0 Å². The minimum absolute atomic E-state index is 0.0646. The second-order valence-electron chi connectivity index (χ2n) is 6.29. The van der Waals surface area contributed by atoms with E-state index in [0.717, 1.165) is 24.8 Å². The van der Waals surface area contributed by atoms with E-state index in [1.165, 1.54) is 0 Å². The first-order valence-electron chi connectivity index (χ1n) is 8.39. The molecule has 1 aromatic carbocycles. The number of nitrogens with zero attached hydrogens (tertiary/aromatic N) is 4. The van der Waals surface area contributed by atoms with Crippen molar-refractivity contribution in [1.82, 2.24) is 25.1 Å². The summed E-state index contributed by atoms with van der Waals surface area (Å²) in [4.78, 5) is 16.7. The van der Waals surface area contributed by atoms with Gasteiger partial charge in [-0.05, 0) is 43.5 Å². The fourth-order valence-corrected chi connectivity index (χ4v) is 3.36. The van der Waals surface area contributed by atoms with Gasteiger partial charge in [0.05, 0.1) is 12.4 Å². The van der Waals surface area contributed by atoms with Crippen LogP contribution >= 0.6 is 0 Å². The van der Waals surface area contributed by atoms with Crippen molar-refractivity contribution in [1.29, 1.82) is 0 Å². The first-order chi connectivity index (χ1) is 12.2. The zero-order valence-corrected chi connectivity index (χ0v) is 13.9. The minimum Gasteiger partial charge on any atom is -0.421 e. The molecule has 7 nitrogen and oxygen atoms in total. The van der Waals surface area contributed by atoms with Gasteiger partial charge in [0.25, 0.3) is 5.91 Å². The van der Waals surface area contributed by atoms with Gasteiger partial charge in [0.2, 0.25) is 11.8 Å². The third-order valence-electron chi connectivity index (χ3n) is 4.62. The van der Waals surface area contributed by atoms with Crippen LogP contribution in [-0.4, -0.2) is 31.7 Å². The molecule has 0 saturated heterocycles. The third-order valence-corrected chi connectivity index (χ3v) is 4.62. The van der Waals surface area contributed by atoms with Gasteiger partial charge in [-0.15, -0.1) is 10.2 Å². The van der Waals surface area contributed by atoms with Gasteiger partial charge in [-0.3, -0.25) is 4.79 Å². The average Bonchev–Trinajstić information content (AvgIpc) is 3.36. The predicted molar refractivity (Wildman–Crippen MR) is 90.8 cm³/mol. The number of rotatable bonds is 4. The van der Waals surface area contributed by atoms with E-state index in [1.54, 1.807) is 25.3 Å². The Balaban J connectivity index is 1.46. The summed E-state index contributed by atoms with van der Waals surface area (Å²) in [6.45, 7) is 1.75. The Kier molecular flexibility index (Phi) is 4.05. The summed E-state index contributed by atoms with van der Waals surface area (Å²) in [5.74, 6) is 0.911. The minimum atomic E-state index is -0.0646. The topological polar surface area (TPSA) is 85.8 Å². The van der Waals surface area contributed by atoms with Crippen LogP contribution in [0.2, 0.25) is 0 Å². The van der Waals surface area contributed by atoms with Crippen molar-refractivity contribution in [3.05, 3.63) is 54.4 Å². The van der Waals surface area contributed by atoms with Crippen LogP contribution in [0.4, 0.5) is 0 Å². The van der Waals surface area contributed by atoms with Crippen molar-refractivity contribution in [2.24, 2.45) is 0 Å². The number of hydrogen-bond donors (Lipinski definition) is 1. The maximum atomic E-state index is 12.6. The monoisotopic (exact) mass is 337 g/mol. The molecule has 25 heavy (non-hydrogen) atoms. The van der Waals surface area contributed by atoms with Crippen molar-refractivity contribution >= 4 is 5.91 Å². The third kappa shape index (κ3) is 3.17. The van der Waals surface area contributed by atoms with Crippen LogP contribution < -0.4 is 5.32 Å². The molecule has 1 aliphatic carbocycles. The van der Waals surface area contributed by atoms with Gasteiger partial charge in [-0.1, -0.05) is 0 Å². The summed E-state index contributed by atoms with van der Waals surface area (Å²) >= 11 is 0. The summed E-state index contributed by atoms with van der Waals surface area (Å²) in [7, 11) is 0. The smallest absolute Gasteiger partial charge is 0.251 e. The number of benzene rings is 1. The van der Waals surface area contributed by atoms with Gasteiger partial charge in [0.15, 0.2) is 0 Å². The fraction of sp³-hybridized carbons (Fsp3) is 0.333. The van der Waals surface area contributed by atoms with E-state index in [9.17, 15) is 4.79 Å². The molecule has 0 radical (unpaired) electrons. The number of nitrogens with one attached hydrogen (secondary N) is 1. The maximum Gasteiger partial charge on any atom is 0.251 e. The molecule has 1 saturated carbocycles. The first kappa shape index (κ1) is 15.6. The number of imidazole rings is 1. The number of amides is 1.